The largest absolute Gasteiger partial charge is 0.298 e. The third-order valence-electron chi connectivity index (χ3n) is 4.75. The number of hydrogen-bond acceptors (Lipinski definition) is 4. The predicted molar refractivity (Wildman–Crippen MR) is 86.1 cm³/mol. The topological polar surface area (TPSA) is 19.4 Å². The monoisotopic (exact) mass is 299 g/mol. The number of rotatable bonds is 4. The van der Waals surface area contributed by atoms with Gasteiger partial charge in [0.15, 0.2) is 0 Å². The maximum atomic E-state index is 4.22. The molecular formula is C17H21N3S. The van der Waals surface area contributed by atoms with Crippen LogP contribution in [0.4, 0.5) is 0 Å². The number of hydrogen-bond donors (Lipinski definition) is 0. The molecule has 0 saturated carbocycles. The van der Waals surface area contributed by atoms with Crippen molar-refractivity contribution in [3.05, 3.63) is 52.5 Å². The van der Waals surface area contributed by atoms with Crippen LogP contribution >= 0.6 is 11.3 Å². The van der Waals surface area contributed by atoms with Crippen molar-refractivity contribution in [2.75, 3.05) is 26.2 Å². The molecule has 2 aliphatic heterocycles. The van der Waals surface area contributed by atoms with Crippen molar-refractivity contribution in [3.8, 4) is 0 Å². The molecule has 0 aromatic carbocycles. The molecule has 2 saturated heterocycles. The molecule has 21 heavy (non-hydrogen) atoms. The summed E-state index contributed by atoms with van der Waals surface area (Å²) in [5.74, 6) is 1.72. The molecule has 110 valence electrons. The zero-order chi connectivity index (χ0) is 14.1. The van der Waals surface area contributed by atoms with E-state index in [-0.39, 0.29) is 0 Å². The van der Waals surface area contributed by atoms with Gasteiger partial charge in [-0.2, -0.15) is 11.3 Å². The summed E-state index contributed by atoms with van der Waals surface area (Å²) in [6.07, 6.45) is 3.85. The Bertz CT molecular complexity index is 555. The van der Waals surface area contributed by atoms with Crippen LogP contribution < -0.4 is 0 Å². The molecule has 0 aliphatic carbocycles. The highest BCUT2D eigenvalue weighted by Crippen LogP contribution is 2.32. The quantitative estimate of drug-likeness (QED) is 0.865. The first-order chi connectivity index (χ1) is 10.4. The van der Waals surface area contributed by atoms with Crippen LogP contribution in [-0.2, 0) is 13.1 Å². The second kappa shape index (κ2) is 5.87. The lowest BCUT2D eigenvalue weighted by atomic mass is 10.0. The molecule has 3 nitrogen and oxygen atoms in total. The van der Waals surface area contributed by atoms with Gasteiger partial charge in [-0.15, -0.1) is 0 Å². The van der Waals surface area contributed by atoms with E-state index in [9.17, 15) is 0 Å². The number of aromatic nitrogens is 1. The lowest BCUT2D eigenvalue weighted by Crippen LogP contribution is -2.28. The fourth-order valence-corrected chi connectivity index (χ4v) is 4.50. The zero-order valence-corrected chi connectivity index (χ0v) is 13.0. The van der Waals surface area contributed by atoms with Gasteiger partial charge in [-0.05, 0) is 45.9 Å². The van der Waals surface area contributed by atoms with Gasteiger partial charge in [0.05, 0.1) is 0 Å². The second-order valence-corrected chi connectivity index (χ2v) is 7.18. The van der Waals surface area contributed by atoms with Crippen molar-refractivity contribution in [1.29, 1.82) is 0 Å². The van der Waals surface area contributed by atoms with Gasteiger partial charge in [0.1, 0.15) is 0 Å². The number of nitrogens with zero attached hydrogens (tertiary/aromatic N) is 3. The van der Waals surface area contributed by atoms with Gasteiger partial charge in [-0.25, -0.2) is 0 Å². The van der Waals surface area contributed by atoms with Crippen LogP contribution in [0.2, 0.25) is 0 Å². The number of fused-ring (bicyclic) bond motifs is 1. The standard InChI is InChI=1S/C17H21N3S/c1-2-14(6-18-4-1)7-19-9-16-11-20(12-17(16)10-19)8-15-3-5-21-13-15/h1-6,13,16-17H,7-12H2/t16-,17-/m1/s1. The lowest BCUT2D eigenvalue weighted by molar-refractivity contribution is 0.246. The molecule has 4 rings (SSSR count). The number of likely N-dealkylation sites (tertiary alicyclic amines) is 2. The van der Waals surface area contributed by atoms with E-state index >= 15 is 0 Å². The van der Waals surface area contributed by atoms with Crippen LogP contribution in [0.1, 0.15) is 11.1 Å². The molecule has 2 aromatic rings. The smallest absolute Gasteiger partial charge is 0.0312 e. The first-order valence-electron chi connectivity index (χ1n) is 7.71. The summed E-state index contributed by atoms with van der Waals surface area (Å²) in [4.78, 5) is 9.46. The fraction of sp³-hybridized carbons (Fsp3) is 0.471. The SMILES string of the molecule is c1cncc(CN2C[C@@H]3CN(Cc4ccsc4)C[C@H]3C2)c1. The van der Waals surface area contributed by atoms with Crippen LogP contribution in [0.3, 0.4) is 0 Å². The molecule has 2 atom stereocenters. The Morgan fingerprint density at radius 3 is 2.29 bits per heavy atom. The molecule has 2 fully saturated rings. The van der Waals surface area contributed by atoms with Gasteiger partial charge < -0.3 is 0 Å². The van der Waals surface area contributed by atoms with E-state index in [1.807, 2.05) is 18.5 Å². The summed E-state index contributed by atoms with van der Waals surface area (Å²) in [6.45, 7) is 7.23. The van der Waals surface area contributed by atoms with E-state index in [2.05, 4.69) is 37.7 Å². The second-order valence-electron chi connectivity index (χ2n) is 6.40. The van der Waals surface area contributed by atoms with Crippen LogP contribution in [0.15, 0.2) is 41.4 Å². The van der Waals surface area contributed by atoms with Crippen LogP contribution in [0, 0.1) is 11.8 Å². The average Bonchev–Trinajstić information content (AvgIpc) is 3.17. The summed E-state index contributed by atoms with van der Waals surface area (Å²) in [6, 6.07) is 6.48. The maximum Gasteiger partial charge on any atom is 0.0312 e. The predicted octanol–water partition coefficient (Wildman–Crippen LogP) is 2.71. The normalized spacial score (nSPS) is 26.3. The zero-order valence-electron chi connectivity index (χ0n) is 12.2. The summed E-state index contributed by atoms with van der Waals surface area (Å²) in [5.41, 5.74) is 2.82. The Balaban J connectivity index is 1.31. The Morgan fingerprint density at radius 1 is 1.00 bits per heavy atom. The van der Waals surface area contributed by atoms with Gasteiger partial charge in [0, 0.05) is 51.7 Å². The molecule has 4 heteroatoms. The maximum absolute atomic E-state index is 4.22. The summed E-state index contributed by atoms with van der Waals surface area (Å²) < 4.78 is 0. The first-order valence-corrected chi connectivity index (χ1v) is 8.66. The van der Waals surface area contributed by atoms with E-state index in [0.717, 1.165) is 24.9 Å². The van der Waals surface area contributed by atoms with Crippen molar-refractivity contribution in [2.24, 2.45) is 11.8 Å². The molecule has 0 radical (unpaired) electrons. The van der Waals surface area contributed by atoms with Crippen molar-refractivity contribution < 1.29 is 0 Å². The van der Waals surface area contributed by atoms with Gasteiger partial charge in [0.25, 0.3) is 0 Å². The van der Waals surface area contributed by atoms with Crippen LogP contribution in [0.25, 0.3) is 0 Å². The molecule has 0 N–H and O–H groups in total. The molecule has 0 spiro atoms. The highest BCUT2D eigenvalue weighted by Gasteiger charge is 2.39. The van der Waals surface area contributed by atoms with Gasteiger partial charge in [0.2, 0.25) is 0 Å². The molecule has 2 aromatic heterocycles. The summed E-state index contributed by atoms with van der Waals surface area (Å²) in [7, 11) is 0. The van der Waals surface area contributed by atoms with E-state index in [1.165, 1.54) is 37.3 Å². The fourth-order valence-electron chi connectivity index (χ4n) is 3.84. The molecular weight excluding hydrogens is 278 g/mol. The Kier molecular flexibility index (Phi) is 3.76. The number of thiophene rings is 1. The van der Waals surface area contributed by atoms with Crippen LogP contribution in [-0.4, -0.2) is 41.0 Å². The first kappa shape index (κ1) is 13.4. The molecule has 0 unspecified atom stereocenters. The van der Waals surface area contributed by atoms with Crippen molar-refractivity contribution in [2.45, 2.75) is 13.1 Å². The third-order valence-corrected chi connectivity index (χ3v) is 5.48. The van der Waals surface area contributed by atoms with Crippen LogP contribution in [0.5, 0.6) is 0 Å². The van der Waals surface area contributed by atoms with E-state index < -0.39 is 0 Å². The van der Waals surface area contributed by atoms with Gasteiger partial charge in [-0.3, -0.25) is 14.8 Å². The molecule has 0 amide bonds. The Labute approximate surface area is 130 Å². The lowest BCUT2D eigenvalue weighted by Gasteiger charge is -2.21. The van der Waals surface area contributed by atoms with E-state index in [1.54, 1.807) is 11.3 Å². The van der Waals surface area contributed by atoms with Crippen molar-refractivity contribution in [3.63, 3.8) is 0 Å². The van der Waals surface area contributed by atoms with Gasteiger partial charge >= 0.3 is 0 Å². The summed E-state index contributed by atoms with van der Waals surface area (Å²) in [5, 5.41) is 4.46. The van der Waals surface area contributed by atoms with E-state index in [4.69, 9.17) is 0 Å². The Hall–Kier alpha value is -1.23. The average molecular weight is 299 g/mol. The molecule has 2 aliphatic rings. The van der Waals surface area contributed by atoms with Gasteiger partial charge in [-0.1, -0.05) is 6.07 Å². The third kappa shape index (κ3) is 3.03. The van der Waals surface area contributed by atoms with E-state index in [0.29, 0.717) is 0 Å². The minimum atomic E-state index is 0.861. The highest BCUT2D eigenvalue weighted by molar-refractivity contribution is 7.07. The molecule has 4 heterocycles. The minimum Gasteiger partial charge on any atom is -0.298 e. The number of pyridine rings is 1. The highest BCUT2D eigenvalue weighted by atomic mass is 32.1. The van der Waals surface area contributed by atoms with Crippen molar-refractivity contribution >= 4 is 11.3 Å². The summed E-state index contributed by atoms with van der Waals surface area (Å²) >= 11 is 1.81. The Morgan fingerprint density at radius 2 is 1.71 bits per heavy atom. The minimum absolute atomic E-state index is 0.861. The van der Waals surface area contributed by atoms with Crippen molar-refractivity contribution in [1.82, 2.24) is 14.8 Å². The molecule has 0 bridgehead atoms.